The van der Waals surface area contributed by atoms with Gasteiger partial charge >= 0.3 is 12.1 Å². The number of nitrogens with zero attached hydrogens (tertiary/aromatic N) is 1. The Morgan fingerprint density at radius 1 is 1.20 bits per heavy atom. The van der Waals surface area contributed by atoms with Gasteiger partial charge in [-0.3, -0.25) is 0 Å². The molecule has 0 saturated carbocycles. The molecule has 1 aromatic carbocycles. The summed E-state index contributed by atoms with van der Waals surface area (Å²) >= 11 is 0. The summed E-state index contributed by atoms with van der Waals surface area (Å²) in [5.74, 6) is -1.25. The number of benzene rings is 1. The van der Waals surface area contributed by atoms with Crippen molar-refractivity contribution in [2.24, 2.45) is 0 Å². The van der Waals surface area contributed by atoms with E-state index < -0.39 is 17.7 Å². The van der Waals surface area contributed by atoms with Crippen LogP contribution in [0.15, 0.2) is 36.5 Å². The van der Waals surface area contributed by atoms with Crippen LogP contribution in [0, 0.1) is 0 Å². The minimum Gasteiger partial charge on any atom is -0.477 e. The van der Waals surface area contributed by atoms with E-state index in [9.17, 15) is 23.1 Å². The van der Waals surface area contributed by atoms with Crippen molar-refractivity contribution in [1.82, 2.24) is 4.57 Å². The lowest BCUT2D eigenvalue weighted by molar-refractivity contribution is -0.137. The van der Waals surface area contributed by atoms with Crippen LogP contribution in [-0.2, 0) is 12.7 Å². The number of rotatable bonds is 3. The van der Waals surface area contributed by atoms with Crippen molar-refractivity contribution in [2.45, 2.75) is 19.6 Å². The van der Waals surface area contributed by atoms with Gasteiger partial charge in [0.25, 0.3) is 0 Å². The van der Waals surface area contributed by atoms with Gasteiger partial charge < -0.3 is 9.67 Å². The topological polar surface area (TPSA) is 42.2 Å². The molecule has 0 unspecified atom stereocenters. The van der Waals surface area contributed by atoms with Crippen LogP contribution in [0.4, 0.5) is 13.2 Å². The molecule has 0 bridgehead atoms. The van der Waals surface area contributed by atoms with Crippen LogP contribution in [0.3, 0.4) is 0 Å². The third kappa shape index (κ3) is 2.41. The second kappa shape index (κ2) is 5.03. The first-order chi connectivity index (χ1) is 9.36. The number of carbonyl (C=O) groups is 1. The second-order valence-electron chi connectivity index (χ2n) is 4.21. The van der Waals surface area contributed by atoms with E-state index >= 15 is 0 Å². The van der Waals surface area contributed by atoms with Gasteiger partial charge in [-0.25, -0.2) is 4.79 Å². The van der Waals surface area contributed by atoms with Gasteiger partial charge in [-0.2, -0.15) is 13.2 Å². The molecule has 106 valence electrons. The highest BCUT2D eigenvalue weighted by Gasteiger charge is 2.34. The Bertz CT molecular complexity index is 644. The highest BCUT2D eigenvalue weighted by Crippen LogP contribution is 2.38. The summed E-state index contributed by atoms with van der Waals surface area (Å²) in [4.78, 5) is 11.3. The molecule has 0 aliphatic heterocycles. The quantitative estimate of drug-likeness (QED) is 0.928. The lowest BCUT2D eigenvalue weighted by atomic mass is 9.99. The fraction of sp³-hybridized carbons (Fsp3) is 0.214. The molecule has 20 heavy (non-hydrogen) atoms. The van der Waals surface area contributed by atoms with E-state index in [0.29, 0.717) is 6.54 Å². The van der Waals surface area contributed by atoms with Crippen LogP contribution in [0.25, 0.3) is 11.1 Å². The molecule has 0 amide bonds. The Morgan fingerprint density at radius 3 is 2.40 bits per heavy atom. The standard InChI is InChI=1S/C14H12F3NO2/c1-2-18-8-7-10(12(18)13(19)20)9-5-3-4-6-11(9)14(15,16)17/h3-8H,2H2,1H3,(H,19,20). The number of aryl methyl sites for hydroxylation is 1. The molecule has 2 aromatic rings. The normalized spacial score (nSPS) is 11.6. The van der Waals surface area contributed by atoms with E-state index in [0.717, 1.165) is 6.07 Å². The van der Waals surface area contributed by atoms with E-state index in [2.05, 4.69) is 0 Å². The van der Waals surface area contributed by atoms with Gasteiger partial charge in [0.1, 0.15) is 5.69 Å². The second-order valence-corrected chi connectivity index (χ2v) is 4.21. The number of halogens is 3. The monoisotopic (exact) mass is 283 g/mol. The molecule has 0 saturated heterocycles. The minimum atomic E-state index is -4.53. The molecule has 3 nitrogen and oxygen atoms in total. The third-order valence-electron chi connectivity index (χ3n) is 3.03. The average Bonchev–Trinajstić information content (AvgIpc) is 2.81. The molecule has 1 heterocycles. The van der Waals surface area contributed by atoms with Gasteiger partial charge in [0.15, 0.2) is 0 Å². The predicted octanol–water partition coefficient (Wildman–Crippen LogP) is 3.89. The largest absolute Gasteiger partial charge is 0.477 e. The Balaban J connectivity index is 2.70. The zero-order chi connectivity index (χ0) is 14.9. The van der Waals surface area contributed by atoms with Crippen LogP contribution < -0.4 is 0 Å². The number of alkyl halides is 3. The van der Waals surface area contributed by atoms with Gasteiger partial charge in [0.05, 0.1) is 5.56 Å². The maximum Gasteiger partial charge on any atom is 0.417 e. The minimum absolute atomic E-state index is 0.0762. The maximum absolute atomic E-state index is 13.0. The summed E-state index contributed by atoms with van der Waals surface area (Å²) in [5, 5.41) is 9.22. The molecule has 1 N–H and O–H groups in total. The molecule has 2 rings (SSSR count). The van der Waals surface area contributed by atoms with Crippen LogP contribution in [0.5, 0.6) is 0 Å². The highest BCUT2D eigenvalue weighted by molar-refractivity contribution is 5.95. The number of hydrogen-bond donors (Lipinski definition) is 1. The summed E-state index contributed by atoms with van der Waals surface area (Å²) in [7, 11) is 0. The Labute approximate surface area is 113 Å². The first kappa shape index (κ1) is 14.2. The lowest BCUT2D eigenvalue weighted by Gasteiger charge is -2.13. The highest BCUT2D eigenvalue weighted by atomic mass is 19.4. The molecule has 0 fully saturated rings. The van der Waals surface area contributed by atoms with Crippen molar-refractivity contribution in [1.29, 1.82) is 0 Å². The SMILES string of the molecule is CCn1ccc(-c2ccccc2C(F)(F)F)c1C(=O)O. The molecular formula is C14H12F3NO2. The molecule has 0 atom stereocenters. The van der Waals surface area contributed by atoms with E-state index in [1.807, 2.05) is 0 Å². The number of carboxylic acid groups (broad SMARTS) is 1. The fourth-order valence-corrected chi connectivity index (χ4v) is 2.16. The first-order valence-corrected chi connectivity index (χ1v) is 5.95. The van der Waals surface area contributed by atoms with Crippen LogP contribution in [-0.4, -0.2) is 15.6 Å². The van der Waals surface area contributed by atoms with Crippen molar-refractivity contribution in [3.05, 3.63) is 47.8 Å². The average molecular weight is 283 g/mol. The first-order valence-electron chi connectivity index (χ1n) is 5.95. The summed E-state index contributed by atoms with van der Waals surface area (Å²) < 4.78 is 40.4. The molecule has 0 radical (unpaired) electrons. The molecule has 6 heteroatoms. The number of aromatic carboxylic acids is 1. The zero-order valence-corrected chi connectivity index (χ0v) is 10.6. The molecule has 0 spiro atoms. The van der Waals surface area contributed by atoms with Gasteiger partial charge in [0, 0.05) is 18.3 Å². The van der Waals surface area contributed by atoms with E-state index in [1.54, 1.807) is 6.92 Å². The van der Waals surface area contributed by atoms with E-state index in [1.165, 1.54) is 35.0 Å². The third-order valence-corrected chi connectivity index (χ3v) is 3.03. The molecule has 1 aromatic heterocycles. The number of hydrogen-bond acceptors (Lipinski definition) is 1. The van der Waals surface area contributed by atoms with Crippen molar-refractivity contribution in [3.63, 3.8) is 0 Å². The number of aromatic nitrogens is 1. The molecule has 0 aliphatic carbocycles. The smallest absolute Gasteiger partial charge is 0.417 e. The van der Waals surface area contributed by atoms with Gasteiger partial charge in [-0.05, 0) is 24.6 Å². The summed E-state index contributed by atoms with van der Waals surface area (Å²) in [6, 6.07) is 6.37. The lowest BCUT2D eigenvalue weighted by Crippen LogP contribution is -2.10. The summed E-state index contributed by atoms with van der Waals surface area (Å²) in [6.07, 6.45) is -3.05. The number of carboxylic acids is 1. The van der Waals surface area contributed by atoms with Crippen LogP contribution in [0.2, 0.25) is 0 Å². The van der Waals surface area contributed by atoms with E-state index in [-0.39, 0.29) is 16.8 Å². The molecular weight excluding hydrogens is 271 g/mol. The van der Waals surface area contributed by atoms with E-state index in [4.69, 9.17) is 0 Å². The van der Waals surface area contributed by atoms with Gasteiger partial charge in [-0.1, -0.05) is 18.2 Å². The molecule has 0 aliphatic rings. The van der Waals surface area contributed by atoms with Crippen molar-refractivity contribution < 1.29 is 23.1 Å². The van der Waals surface area contributed by atoms with Crippen LogP contribution in [0.1, 0.15) is 23.0 Å². The Hall–Kier alpha value is -2.24. The maximum atomic E-state index is 13.0. The summed E-state index contributed by atoms with van der Waals surface area (Å²) in [6.45, 7) is 2.10. The van der Waals surface area contributed by atoms with Crippen molar-refractivity contribution >= 4 is 5.97 Å². The Kier molecular flexibility index (Phi) is 3.57. The van der Waals surface area contributed by atoms with Gasteiger partial charge in [-0.15, -0.1) is 0 Å². The van der Waals surface area contributed by atoms with Crippen LogP contribution >= 0.6 is 0 Å². The van der Waals surface area contributed by atoms with Crippen molar-refractivity contribution in [2.75, 3.05) is 0 Å². The van der Waals surface area contributed by atoms with Crippen molar-refractivity contribution in [3.8, 4) is 11.1 Å². The fourth-order valence-electron chi connectivity index (χ4n) is 2.16. The zero-order valence-electron chi connectivity index (χ0n) is 10.6. The van der Waals surface area contributed by atoms with Gasteiger partial charge in [0.2, 0.25) is 0 Å². The predicted molar refractivity (Wildman–Crippen MR) is 67.5 cm³/mol. The Morgan fingerprint density at radius 2 is 1.85 bits per heavy atom. The summed E-state index contributed by atoms with van der Waals surface area (Å²) in [5.41, 5.74) is -1.02.